The van der Waals surface area contributed by atoms with Crippen molar-refractivity contribution in [3.8, 4) is 11.1 Å². The zero-order valence-electron chi connectivity index (χ0n) is 13.1. The number of carbonyl (C=O) groups is 1. The van der Waals surface area contributed by atoms with E-state index in [0.29, 0.717) is 10.8 Å². The van der Waals surface area contributed by atoms with Gasteiger partial charge in [-0.25, -0.2) is 9.78 Å². The third-order valence-corrected chi connectivity index (χ3v) is 3.22. The van der Waals surface area contributed by atoms with Crippen LogP contribution in [0.2, 0.25) is 5.15 Å². The Balaban J connectivity index is 2.16. The Kier molecular flexibility index (Phi) is 4.71. The third kappa shape index (κ3) is 4.21. The highest BCUT2D eigenvalue weighted by atomic mass is 35.5. The van der Waals surface area contributed by atoms with Gasteiger partial charge in [0.2, 0.25) is 0 Å². The van der Waals surface area contributed by atoms with Crippen LogP contribution in [0.25, 0.3) is 11.1 Å². The van der Waals surface area contributed by atoms with Crippen LogP contribution in [0.1, 0.15) is 26.3 Å². The number of rotatable bonds is 2. The maximum absolute atomic E-state index is 11.7. The van der Waals surface area contributed by atoms with E-state index in [4.69, 9.17) is 16.3 Å². The molecule has 116 valence electrons. The zero-order chi connectivity index (χ0) is 16.3. The third-order valence-electron chi connectivity index (χ3n) is 2.93. The van der Waals surface area contributed by atoms with Crippen molar-refractivity contribution < 1.29 is 9.53 Å². The number of ether oxygens (including phenoxy) is 1. The van der Waals surface area contributed by atoms with Crippen LogP contribution in [0, 0.1) is 6.92 Å². The zero-order valence-corrected chi connectivity index (χ0v) is 13.9. The highest BCUT2D eigenvalue weighted by Crippen LogP contribution is 2.30. The average Bonchev–Trinajstić information content (AvgIpc) is 2.38. The Labute approximate surface area is 135 Å². The van der Waals surface area contributed by atoms with Crippen molar-refractivity contribution in [3.63, 3.8) is 0 Å². The summed E-state index contributed by atoms with van der Waals surface area (Å²) in [5.41, 5.74) is 3.03. The first-order chi connectivity index (χ1) is 10.3. The summed E-state index contributed by atoms with van der Waals surface area (Å²) < 4.78 is 5.21. The summed E-state index contributed by atoms with van der Waals surface area (Å²) in [5, 5.41) is 3.16. The molecule has 1 heterocycles. The number of hydrogen-bond acceptors (Lipinski definition) is 3. The van der Waals surface area contributed by atoms with E-state index in [2.05, 4.69) is 10.3 Å². The van der Waals surface area contributed by atoms with Crippen molar-refractivity contribution >= 4 is 23.4 Å². The maximum atomic E-state index is 11.7. The maximum Gasteiger partial charge on any atom is 0.412 e. The molecule has 0 aliphatic rings. The minimum absolute atomic E-state index is 0.466. The van der Waals surface area contributed by atoms with Crippen molar-refractivity contribution in [1.29, 1.82) is 0 Å². The Bertz CT molecular complexity index is 656. The van der Waals surface area contributed by atoms with Crippen LogP contribution in [0.15, 0.2) is 36.5 Å². The van der Waals surface area contributed by atoms with E-state index in [1.54, 1.807) is 6.20 Å². The highest BCUT2D eigenvalue weighted by molar-refractivity contribution is 6.32. The predicted octanol–water partition coefficient (Wildman–Crippen LogP) is 5.06. The minimum atomic E-state index is -0.523. The van der Waals surface area contributed by atoms with Gasteiger partial charge in [-0.1, -0.05) is 23.7 Å². The number of hydrogen-bond donors (Lipinski definition) is 1. The van der Waals surface area contributed by atoms with E-state index in [1.165, 1.54) is 0 Å². The molecular formula is C17H19ClN2O2. The molecule has 1 aromatic carbocycles. The summed E-state index contributed by atoms with van der Waals surface area (Å²) in [5.74, 6) is 0. The monoisotopic (exact) mass is 318 g/mol. The summed E-state index contributed by atoms with van der Waals surface area (Å²) in [7, 11) is 0. The Morgan fingerprint density at radius 1 is 1.18 bits per heavy atom. The van der Waals surface area contributed by atoms with Crippen molar-refractivity contribution in [2.45, 2.75) is 33.3 Å². The van der Waals surface area contributed by atoms with Gasteiger partial charge in [0.25, 0.3) is 0 Å². The first-order valence-corrected chi connectivity index (χ1v) is 7.35. The van der Waals surface area contributed by atoms with E-state index >= 15 is 0 Å². The highest BCUT2D eigenvalue weighted by Gasteiger charge is 2.16. The first-order valence-electron chi connectivity index (χ1n) is 6.98. The standard InChI is InChI=1S/C17H19ClN2O2/c1-11-9-10-19-15(18)14(11)12-5-7-13(8-6-12)20-16(21)22-17(2,3)4/h5-10H,1-4H3,(H,20,21). The van der Waals surface area contributed by atoms with Crippen LogP contribution in [-0.2, 0) is 4.74 Å². The Morgan fingerprint density at radius 2 is 1.82 bits per heavy atom. The molecule has 0 aliphatic carbocycles. The van der Waals surface area contributed by atoms with Crippen molar-refractivity contribution in [3.05, 3.63) is 47.2 Å². The Hall–Kier alpha value is -2.07. The molecule has 0 saturated heterocycles. The van der Waals surface area contributed by atoms with Gasteiger partial charge in [-0.05, 0) is 57.0 Å². The van der Waals surface area contributed by atoms with Gasteiger partial charge in [-0.2, -0.15) is 0 Å². The van der Waals surface area contributed by atoms with Gasteiger partial charge in [0.15, 0.2) is 0 Å². The number of benzene rings is 1. The largest absolute Gasteiger partial charge is 0.444 e. The SMILES string of the molecule is Cc1ccnc(Cl)c1-c1ccc(NC(=O)OC(C)(C)C)cc1. The summed E-state index contributed by atoms with van der Waals surface area (Å²) in [6.07, 6.45) is 1.20. The van der Waals surface area contributed by atoms with Gasteiger partial charge >= 0.3 is 6.09 Å². The second-order valence-electron chi connectivity index (χ2n) is 6.00. The molecule has 22 heavy (non-hydrogen) atoms. The Morgan fingerprint density at radius 3 is 2.36 bits per heavy atom. The normalized spacial score (nSPS) is 11.1. The average molecular weight is 319 g/mol. The molecule has 0 spiro atoms. The second kappa shape index (κ2) is 6.36. The topological polar surface area (TPSA) is 51.2 Å². The first kappa shape index (κ1) is 16.3. The smallest absolute Gasteiger partial charge is 0.412 e. The van der Waals surface area contributed by atoms with Gasteiger partial charge in [0.1, 0.15) is 10.8 Å². The lowest BCUT2D eigenvalue weighted by Gasteiger charge is -2.19. The van der Waals surface area contributed by atoms with Crippen LogP contribution in [0.5, 0.6) is 0 Å². The fourth-order valence-electron chi connectivity index (χ4n) is 2.01. The van der Waals surface area contributed by atoms with Gasteiger partial charge in [0, 0.05) is 17.4 Å². The van der Waals surface area contributed by atoms with E-state index in [-0.39, 0.29) is 0 Å². The van der Waals surface area contributed by atoms with Gasteiger partial charge in [0.05, 0.1) is 0 Å². The molecule has 5 heteroatoms. The van der Waals surface area contributed by atoms with E-state index < -0.39 is 11.7 Å². The van der Waals surface area contributed by atoms with Crippen LogP contribution in [-0.4, -0.2) is 16.7 Å². The molecule has 2 rings (SSSR count). The minimum Gasteiger partial charge on any atom is -0.444 e. The lowest BCUT2D eigenvalue weighted by molar-refractivity contribution is 0.0636. The predicted molar refractivity (Wildman–Crippen MR) is 89.3 cm³/mol. The summed E-state index contributed by atoms with van der Waals surface area (Å²) in [4.78, 5) is 15.8. The summed E-state index contributed by atoms with van der Waals surface area (Å²) in [6.45, 7) is 7.45. The molecule has 0 unspecified atom stereocenters. The number of nitrogens with zero attached hydrogens (tertiary/aromatic N) is 1. The molecule has 1 N–H and O–H groups in total. The van der Waals surface area contributed by atoms with Crippen LogP contribution >= 0.6 is 11.6 Å². The molecule has 1 amide bonds. The van der Waals surface area contributed by atoms with Crippen molar-refractivity contribution in [2.75, 3.05) is 5.32 Å². The fourth-order valence-corrected chi connectivity index (χ4v) is 2.33. The van der Waals surface area contributed by atoms with Crippen molar-refractivity contribution in [1.82, 2.24) is 4.98 Å². The van der Waals surface area contributed by atoms with Crippen LogP contribution in [0.4, 0.5) is 10.5 Å². The molecule has 0 saturated carbocycles. The molecule has 0 fully saturated rings. The van der Waals surface area contributed by atoms with E-state index in [1.807, 2.05) is 58.0 Å². The van der Waals surface area contributed by atoms with Gasteiger partial charge in [-0.15, -0.1) is 0 Å². The number of aryl methyl sites for hydroxylation is 1. The number of carbonyl (C=O) groups excluding carboxylic acids is 1. The molecule has 0 radical (unpaired) electrons. The second-order valence-corrected chi connectivity index (χ2v) is 6.36. The van der Waals surface area contributed by atoms with Gasteiger partial charge < -0.3 is 4.74 Å². The number of halogens is 1. The lowest BCUT2D eigenvalue weighted by atomic mass is 10.0. The van der Waals surface area contributed by atoms with E-state index in [0.717, 1.165) is 16.7 Å². The van der Waals surface area contributed by atoms with Crippen LogP contribution < -0.4 is 5.32 Å². The molecular weight excluding hydrogens is 300 g/mol. The number of aromatic nitrogens is 1. The van der Waals surface area contributed by atoms with Gasteiger partial charge in [-0.3, -0.25) is 5.32 Å². The van der Waals surface area contributed by atoms with E-state index in [9.17, 15) is 4.79 Å². The number of amides is 1. The number of anilines is 1. The molecule has 4 nitrogen and oxygen atoms in total. The molecule has 0 atom stereocenters. The van der Waals surface area contributed by atoms with Crippen LogP contribution in [0.3, 0.4) is 0 Å². The van der Waals surface area contributed by atoms with Crippen molar-refractivity contribution in [2.24, 2.45) is 0 Å². The summed E-state index contributed by atoms with van der Waals surface area (Å²) in [6, 6.07) is 9.31. The summed E-state index contributed by atoms with van der Waals surface area (Å²) >= 11 is 6.16. The fraction of sp³-hybridized carbons (Fsp3) is 0.294. The number of nitrogens with one attached hydrogen (secondary N) is 1. The lowest BCUT2D eigenvalue weighted by Crippen LogP contribution is -2.27. The quantitative estimate of drug-likeness (QED) is 0.788. The molecule has 0 bridgehead atoms. The molecule has 2 aromatic rings. The number of pyridine rings is 1. The molecule has 0 aliphatic heterocycles. The molecule has 1 aromatic heterocycles.